The molecule has 0 aromatic heterocycles. The number of ether oxygens (including phenoxy) is 1. The summed E-state index contributed by atoms with van der Waals surface area (Å²) >= 11 is 5.95. The van der Waals surface area contributed by atoms with Gasteiger partial charge in [0, 0.05) is 18.1 Å². The molecule has 0 unspecified atom stereocenters. The van der Waals surface area contributed by atoms with Crippen molar-refractivity contribution in [2.45, 2.75) is 17.7 Å². The van der Waals surface area contributed by atoms with Crippen molar-refractivity contribution >= 4 is 27.5 Å². The van der Waals surface area contributed by atoms with Crippen molar-refractivity contribution in [2.75, 3.05) is 26.2 Å². The molecule has 0 bridgehead atoms. The molecule has 1 aromatic carbocycles. The lowest BCUT2D eigenvalue weighted by Gasteiger charge is -2.26. The molecule has 1 heterocycles. The van der Waals surface area contributed by atoms with E-state index in [1.807, 2.05) is 0 Å². The Labute approximate surface area is 134 Å². The first-order valence-electron chi connectivity index (χ1n) is 7.16. The van der Waals surface area contributed by atoms with Gasteiger partial charge in [-0.25, -0.2) is 8.42 Å². The normalized spacial score (nSPS) is 19.8. The zero-order valence-corrected chi connectivity index (χ0v) is 13.5. The Balaban J connectivity index is 1.90. The van der Waals surface area contributed by atoms with E-state index in [0.717, 1.165) is 17.1 Å². The van der Waals surface area contributed by atoms with Gasteiger partial charge in [-0.15, -0.1) is 0 Å². The summed E-state index contributed by atoms with van der Waals surface area (Å²) in [5.41, 5.74) is 0. The van der Waals surface area contributed by atoms with Crippen molar-refractivity contribution in [3.63, 3.8) is 0 Å². The average Bonchev–Trinajstić information content (AvgIpc) is 3.30. The van der Waals surface area contributed by atoms with E-state index in [2.05, 4.69) is 5.32 Å². The predicted octanol–water partition coefficient (Wildman–Crippen LogP) is 1.25. The summed E-state index contributed by atoms with van der Waals surface area (Å²) in [6.07, 6.45) is 2.23. The van der Waals surface area contributed by atoms with Crippen LogP contribution in [0.2, 0.25) is 5.02 Å². The van der Waals surface area contributed by atoms with Gasteiger partial charge in [0.25, 0.3) is 0 Å². The smallest absolute Gasteiger partial charge is 0.247 e. The molecule has 120 valence electrons. The minimum absolute atomic E-state index is 0.0235. The van der Waals surface area contributed by atoms with Crippen molar-refractivity contribution < 1.29 is 17.9 Å². The lowest BCUT2D eigenvalue weighted by molar-refractivity contribution is -0.122. The number of piperazine rings is 1. The quantitative estimate of drug-likeness (QED) is 0.872. The topological polar surface area (TPSA) is 75.7 Å². The van der Waals surface area contributed by atoms with Crippen molar-refractivity contribution in [1.82, 2.24) is 9.62 Å². The van der Waals surface area contributed by atoms with E-state index in [-0.39, 0.29) is 23.9 Å². The van der Waals surface area contributed by atoms with E-state index in [4.69, 9.17) is 16.3 Å². The molecule has 1 saturated carbocycles. The van der Waals surface area contributed by atoms with Crippen LogP contribution in [-0.4, -0.2) is 44.9 Å². The average molecular weight is 345 g/mol. The molecular weight excluding hydrogens is 328 g/mol. The van der Waals surface area contributed by atoms with Gasteiger partial charge in [-0.05, 0) is 37.0 Å². The van der Waals surface area contributed by atoms with E-state index < -0.39 is 10.0 Å². The summed E-state index contributed by atoms with van der Waals surface area (Å²) < 4.78 is 32.4. The van der Waals surface area contributed by atoms with E-state index in [0.29, 0.717) is 29.8 Å². The van der Waals surface area contributed by atoms with Crippen molar-refractivity contribution in [3.8, 4) is 5.75 Å². The van der Waals surface area contributed by atoms with E-state index in [1.165, 1.54) is 6.07 Å². The van der Waals surface area contributed by atoms with Crippen LogP contribution in [0, 0.1) is 5.92 Å². The number of nitrogens with one attached hydrogen (secondary N) is 1. The summed E-state index contributed by atoms with van der Waals surface area (Å²) in [6.45, 7) is 0.862. The number of benzene rings is 1. The Morgan fingerprint density at radius 1 is 1.36 bits per heavy atom. The van der Waals surface area contributed by atoms with Gasteiger partial charge in [0.05, 0.1) is 13.2 Å². The van der Waals surface area contributed by atoms with Gasteiger partial charge in [0.15, 0.2) is 0 Å². The minimum atomic E-state index is -3.81. The fourth-order valence-corrected chi connectivity index (χ4v) is 4.05. The lowest BCUT2D eigenvalue weighted by atomic mass is 10.3. The van der Waals surface area contributed by atoms with E-state index in [1.54, 1.807) is 12.1 Å². The third-order valence-corrected chi connectivity index (χ3v) is 5.80. The van der Waals surface area contributed by atoms with Gasteiger partial charge in [-0.2, -0.15) is 4.31 Å². The molecule has 1 aliphatic heterocycles. The molecule has 6 nitrogen and oxygen atoms in total. The molecule has 3 rings (SSSR count). The first-order chi connectivity index (χ1) is 10.5. The number of rotatable bonds is 5. The zero-order valence-electron chi connectivity index (χ0n) is 11.9. The first-order valence-corrected chi connectivity index (χ1v) is 8.98. The number of halogens is 1. The van der Waals surface area contributed by atoms with Crippen molar-refractivity contribution in [2.24, 2.45) is 5.92 Å². The van der Waals surface area contributed by atoms with Crippen LogP contribution in [0.25, 0.3) is 0 Å². The number of hydrogen-bond acceptors (Lipinski definition) is 4. The molecule has 2 fully saturated rings. The van der Waals surface area contributed by atoms with E-state index in [9.17, 15) is 13.2 Å². The van der Waals surface area contributed by atoms with Gasteiger partial charge in [-0.1, -0.05) is 11.6 Å². The van der Waals surface area contributed by atoms with Crippen LogP contribution in [0.3, 0.4) is 0 Å². The van der Waals surface area contributed by atoms with Gasteiger partial charge >= 0.3 is 0 Å². The molecule has 1 aromatic rings. The van der Waals surface area contributed by atoms with Crippen LogP contribution >= 0.6 is 11.6 Å². The van der Waals surface area contributed by atoms with E-state index >= 15 is 0 Å². The maximum Gasteiger partial charge on any atom is 0.247 e. The summed E-state index contributed by atoms with van der Waals surface area (Å²) in [5, 5.41) is 2.93. The molecule has 0 spiro atoms. The third kappa shape index (κ3) is 3.37. The Morgan fingerprint density at radius 2 is 2.14 bits per heavy atom. The van der Waals surface area contributed by atoms with Crippen molar-refractivity contribution in [3.05, 3.63) is 23.2 Å². The highest BCUT2D eigenvalue weighted by Crippen LogP contribution is 2.33. The fourth-order valence-electron chi connectivity index (χ4n) is 2.25. The molecular formula is C14H17ClN2O4S. The highest BCUT2D eigenvalue weighted by atomic mass is 35.5. The Kier molecular flexibility index (Phi) is 4.29. The fraction of sp³-hybridized carbons (Fsp3) is 0.500. The van der Waals surface area contributed by atoms with Crippen LogP contribution in [0.1, 0.15) is 12.8 Å². The Hall–Kier alpha value is -1.31. The number of carbonyl (C=O) groups excluding carboxylic acids is 1. The summed E-state index contributed by atoms with van der Waals surface area (Å²) in [5.74, 6) is 0.492. The SMILES string of the molecule is O=C1CN(S(=O)(=O)c2cc(Cl)ccc2OCC2CC2)CCN1. The van der Waals surface area contributed by atoms with Gasteiger partial charge in [0.2, 0.25) is 15.9 Å². The van der Waals surface area contributed by atoms with Gasteiger partial charge in [-0.3, -0.25) is 4.79 Å². The summed E-state index contributed by atoms with van der Waals surface area (Å²) in [4.78, 5) is 11.5. The molecule has 22 heavy (non-hydrogen) atoms. The molecule has 8 heteroatoms. The second kappa shape index (κ2) is 6.06. The maximum absolute atomic E-state index is 12.8. The highest BCUT2D eigenvalue weighted by molar-refractivity contribution is 7.89. The Bertz CT molecular complexity index is 688. The second-order valence-corrected chi connectivity index (χ2v) is 7.88. The number of nitrogens with zero attached hydrogens (tertiary/aromatic N) is 1. The van der Waals surface area contributed by atoms with Gasteiger partial charge < -0.3 is 10.1 Å². The number of sulfonamides is 1. The molecule has 1 amide bonds. The standard InChI is InChI=1S/C14H17ClN2O4S/c15-11-3-4-12(21-9-10-1-2-10)13(7-11)22(19,20)17-6-5-16-14(18)8-17/h3-4,7,10H,1-2,5-6,8-9H2,(H,16,18). The molecule has 1 N–H and O–H groups in total. The predicted molar refractivity (Wildman–Crippen MR) is 81.4 cm³/mol. The van der Waals surface area contributed by atoms with Crippen LogP contribution in [-0.2, 0) is 14.8 Å². The van der Waals surface area contributed by atoms with Crippen LogP contribution in [0.15, 0.2) is 23.1 Å². The Morgan fingerprint density at radius 3 is 2.82 bits per heavy atom. The molecule has 1 saturated heterocycles. The second-order valence-electron chi connectivity index (χ2n) is 5.53. The van der Waals surface area contributed by atoms with Crippen LogP contribution < -0.4 is 10.1 Å². The number of amides is 1. The maximum atomic E-state index is 12.8. The monoisotopic (exact) mass is 344 g/mol. The lowest BCUT2D eigenvalue weighted by Crippen LogP contribution is -2.49. The van der Waals surface area contributed by atoms with Crippen LogP contribution in [0.4, 0.5) is 0 Å². The summed E-state index contributed by atoms with van der Waals surface area (Å²) in [7, 11) is -3.81. The number of carbonyl (C=O) groups is 1. The van der Waals surface area contributed by atoms with Crippen molar-refractivity contribution in [1.29, 1.82) is 0 Å². The highest BCUT2D eigenvalue weighted by Gasteiger charge is 2.32. The molecule has 1 aliphatic carbocycles. The third-order valence-electron chi connectivity index (χ3n) is 3.70. The molecule has 0 radical (unpaired) electrons. The van der Waals surface area contributed by atoms with Crippen LogP contribution in [0.5, 0.6) is 5.75 Å². The molecule has 2 aliphatic rings. The zero-order chi connectivity index (χ0) is 15.7. The first kappa shape index (κ1) is 15.6. The largest absolute Gasteiger partial charge is 0.492 e. The molecule has 0 atom stereocenters. The number of hydrogen-bond donors (Lipinski definition) is 1. The summed E-state index contributed by atoms with van der Waals surface area (Å²) in [6, 6.07) is 4.55. The van der Waals surface area contributed by atoms with Gasteiger partial charge in [0.1, 0.15) is 10.6 Å². The minimum Gasteiger partial charge on any atom is -0.492 e.